The SMILES string of the molecule is O=C(CN1CCN(C(=O)c2ccc([N+](=O)[O-])cc2Cl)CC1)N1CCOCC1. The lowest BCUT2D eigenvalue weighted by atomic mass is 10.1. The van der Waals surface area contributed by atoms with E-state index in [0.29, 0.717) is 59.0 Å². The molecule has 0 unspecified atom stereocenters. The summed E-state index contributed by atoms with van der Waals surface area (Å²) in [5, 5.41) is 10.9. The minimum atomic E-state index is -0.551. The number of carbonyl (C=O) groups excluding carboxylic acids is 2. The Bertz CT molecular complexity index is 730. The molecule has 2 saturated heterocycles. The van der Waals surface area contributed by atoms with E-state index < -0.39 is 4.92 Å². The van der Waals surface area contributed by atoms with Gasteiger partial charge in [-0.2, -0.15) is 0 Å². The number of nitro groups is 1. The Morgan fingerprint density at radius 2 is 1.74 bits per heavy atom. The lowest BCUT2D eigenvalue weighted by Crippen LogP contribution is -2.52. The summed E-state index contributed by atoms with van der Waals surface area (Å²) in [4.78, 5) is 40.7. The van der Waals surface area contributed by atoms with Crippen LogP contribution in [0.1, 0.15) is 10.4 Å². The first kappa shape index (κ1) is 19.5. The number of nitrogens with zero attached hydrogens (tertiary/aromatic N) is 4. The predicted octanol–water partition coefficient (Wildman–Crippen LogP) is 0.865. The van der Waals surface area contributed by atoms with Crippen molar-refractivity contribution in [1.82, 2.24) is 14.7 Å². The molecule has 2 fully saturated rings. The maximum Gasteiger partial charge on any atom is 0.270 e. The third-order valence-corrected chi connectivity index (χ3v) is 5.09. The molecule has 0 aliphatic carbocycles. The monoisotopic (exact) mass is 396 g/mol. The minimum Gasteiger partial charge on any atom is -0.378 e. The van der Waals surface area contributed by atoms with Crippen LogP contribution in [0.25, 0.3) is 0 Å². The molecule has 3 rings (SSSR count). The zero-order valence-electron chi connectivity index (χ0n) is 14.8. The molecule has 9 nitrogen and oxygen atoms in total. The molecule has 0 N–H and O–H groups in total. The molecule has 2 aliphatic rings. The van der Waals surface area contributed by atoms with Crippen molar-refractivity contribution in [3.05, 3.63) is 38.9 Å². The van der Waals surface area contributed by atoms with Crippen molar-refractivity contribution in [3.63, 3.8) is 0 Å². The van der Waals surface area contributed by atoms with Gasteiger partial charge in [-0.3, -0.25) is 24.6 Å². The molecule has 10 heteroatoms. The third kappa shape index (κ3) is 4.74. The van der Waals surface area contributed by atoms with Crippen LogP contribution in [0, 0.1) is 10.1 Å². The zero-order chi connectivity index (χ0) is 19.4. The number of non-ortho nitro benzene ring substituents is 1. The fraction of sp³-hybridized carbons (Fsp3) is 0.529. The van der Waals surface area contributed by atoms with Gasteiger partial charge in [-0.15, -0.1) is 0 Å². The summed E-state index contributed by atoms with van der Waals surface area (Å²) in [6, 6.07) is 3.85. The van der Waals surface area contributed by atoms with Gasteiger partial charge in [-0.25, -0.2) is 0 Å². The van der Waals surface area contributed by atoms with Crippen LogP contribution in [-0.4, -0.2) is 90.5 Å². The van der Waals surface area contributed by atoms with Crippen molar-refractivity contribution in [2.24, 2.45) is 0 Å². The van der Waals surface area contributed by atoms with Gasteiger partial charge in [0.15, 0.2) is 0 Å². The number of hydrogen-bond acceptors (Lipinski definition) is 6. The van der Waals surface area contributed by atoms with Gasteiger partial charge in [0.05, 0.1) is 35.3 Å². The summed E-state index contributed by atoms with van der Waals surface area (Å²) in [6.45, 7) is 4.85. The summed E-state index contributed by atoms with van der Waals surface area (Å²) in [7, 11) is 0. The molecule has 27 heavy (non-hydrogen) atoms. The normalized spacial score (nSPS) is 18.4. The van der Waals surface area contributed by atoms with Crippen LogP contribution in [0.3, 0.4) is 0 Å². The van der Waals surface area contributed by atoms with Crippen molar-refractivity contribution < 1.29 is 19.2 Å². The number of morpholine rings is 1. The fourth-order valence-corrected chi connectivity index (χ4v) is 3.43. The van der Waals surface area contributed by atoms with E-state index in [1.807, 2.05) is 4.90 Å². The average molecular weight is 397 g/mol. The second-order valence-electron chi connectivity index (χ2n) is 6.48. The molecule has 146 valence electrons. The van der Waals surface area contributed by atoms with Crippen LogP contribution in [-0.2, 0) is 9.53 Å². The van der Waals surface area contributed by atoms with Gasteiger partial charge >= 0.3 is 0 Å². The van der Waals surface area contributed by atoms with Crippen molar-refractivity contribution in [3.8, 4) is 0 Å². The number of piperazine rings is 1. The second kappa shape index (κ2) is 8.64. The summed E-state index contributed by atoms with van der Waals surface area (Å²) >= 11 is 6.05. The van der Waals surface area contributed by atoms with E-state index in [4.69, 9.17) is 16.3 Å². The number of rotatable bonds is 4. The smallest absolute Gasteiger partial charge is 0.270 e. The number of amides is 2. The first-order valence-corrected chi connectivity index (χ1v) is 9.14. The molecular formula is C17H21ClN4O5. The number of benzene rings is 1. The quantitative estimate of drug-likeness (QED) is 0.553. The summed E-state index contributed by atoms with van der Waals surface area (Å²) in [6.07, 6.45) is 0. The molecule has 2 heterocycles. The number of carbonyl (C=O) groups is 2. The van der Waals surface area contributed by atoms with Gasteiger partial charge in [0, 0.05) is 51.4 Å². The molecule has 1 aromatic rings. The Labute approximate surface area is 161 Å². The Morgan fingerprint density at radius 1 is 1.07 bits per heavy atom. The van der Waals surface area contributed by atoms with Gasteiger partial charge in [0.2, 0.25) is 5.91 Å². The van der Waals surface area contributed by atoms with E-state index >= 15 is 0 Å². The van der Waals surface area contributed by atoms with Crippen molar-refractivity contribution in [2.45, 2.75) is 0 Å². The molecular weight excluding hydrogens is 376 g/mol. The van der Waals surface area contributed by atoms with E-state index in [9.17, 15) is 19.7 Å². The Morgan fingerprint density at radius 3 is 2.33 bits per heavy atom. The number of hydrogen-bond donors (Lipinski definition) is 0. The van der Waals surface area contributed by atoms with Crippen LogP contribution >= 0.6 is 11.6 Å². The lowest BCUT2D eigenvalue weighted by Gasteiger charge is -2.36. The summed E-state index contributed by atoms with van der Waals surface area (Å²) < 4.78 is 5.25. The summed E-state index contributed by atoms with van der Waals surface area (Å²) in [5.41, 5.74) is 0.100. The minimum absolute atomic E-state index is 0.0686. The number of nitro benzene ring substituents is 1. The Balaban J connectivity index is 1.53. The maximum atomic E-state index is 12.6. The molecule has 0 aromatic heterocycles. The van der Waals surface area contributed by atoms with Gasteiger partial charge in [-0.05, 0) is 6.07 Å². The average Bonchev–Trinajstić information content (AvgIpc) is 2.68. The van der Waals surface area contributed by atoms with Crippen molar-refractivity contribution in [2.75, 3.05) is 59.0 Å². The van der Waals surface area contributed by atoms with E-state index in [1.54, 1.807) is 9.80 Å². The fourth-order valence-electron chi connectivity index (χ4n) is 3.17. The highest BCUT2D eigenvalue weighted by molar-refractivity contribution is 6.34. The van der Waals surface area contributed by atoms with E-state index in [0.717, 1.165) is 0 Å². The van der Waals surface area contributed by atoms with E-state index in [-0.39, 0.29) is 28.1 Å². The lowest BCUT2D eigenvalue weighted by molar-refractivity contribution is -0.384. The van der Waals surface area contributed by atoms with E-state index in [1.165, 1.54) is 18.2 Å². The van der Waals surface area contributed by atoms with Crippen LogP contribution in [0.15, 0.2) is 18.2 Å². The maximum absolute atomic E-state index is 12.6. The van der Waals surface area contributed by atoms with Crippen LogP contribution in [0.2, 0.25) is 5.02 Å². The third-order valence-electron chi connectivity index (χ3n) is 4.78. The number of halogens is 1. The molecule has 1 aromatic carbocycles. The molecule has 0 saturated carbocycles. The van der Waals surface area contributed by atoms with E-state index in [2.05, 4.69) is 0 Å². The largest absolute Gasteiger partial charge is 0.378 e. The van der Waals surface area contributed by atoms with Gasteiger partial charge in [0.1, 0.15) is 0 Å². The molecule has 2 aliphatic heterocycles. The van der Waals surface area contributed by atoms with Crippen LogP contribution < -0.4 is 0 Å². The number of ether oxygens (including phenoxy) is 1. The predicted molar refractivity (Wildman–Crippen MR) is 97.8 cm³/mol. The Kier molecular flexibility index (Phi) is 6.25. The molecule has 0 spiro atoms. The molecule has 0 atom stereocenters. The van der Waals surface area contributed by atoms with Gasteiger partial charge in [0.25, 0.3) is 11.6 Å². The zero-order valence-corrected chi connectivity index (χ0v) is 15.6. The molecule has 0 radical (unpaired) electrons. The summed E-state index contributed by atoms with van der Waals surface area (Å²) in [5.74, 6) is -0.175. The standard InChI is InChI=1S/C17H21ClN4O5/c18-15-11-13(22(25)26)1-2-14(15)17(24)21-5-3-19(4-6-21)12-16(23)20-7-9-27-10-8-20/h1-2,11H,3-10,12H2. The molecule has 2 amide bonds. The first-order chi connectivity index (χ1) is 13.0. The highest BCUT2D eigenvalue weighted by Crippen LogP contribution is 2.24. The Hall–Kier alpha value is -2.23. The van der Waals surface area contributed by atoms with Crippen molar-refractivity contribution in [1.29, 1.82) is 0 Å². The van der Waals surface area contributed by atoms with Crippen LogP contribution in [0.5, 0.6) is 0 Å². The van der Waals surface area contributed by atoms with Crippen LogP contribution in [0.4, 0.5) is 5.69 Å². The van der Waals surface area contributed by atoms with Gasteiger partial charge in [-0.1, -0.05) is 11.6 Å². The highest BCUT2D eigenvalue weighted by atomic mass is 35.5. The second-order valence-corrected chi connectivity index (χ2v) is 6.89. The first-order valence-electron chi connectivity index (χ1n) is 8.77. The topological polar surface area (TPSA) is 96.2 Å². The van der Waals surface area contributed by atoms with Crippen molar-refractivity contribution >= 4 is 29.1 Å². The van der Waals surface area contributed by atoms with Gasteiger partial charge < -0.3 is 14.5 Å². The molecule has 0 bridgehead atoms. The highest BCUT2D eigenvalue weighted by Gasteiger charge is 2.26.